The van der Waals surface area contributed by atoms with Crippen molar-refractivity contribution in [3.05, 3.63) is 29.3 Å². The normalized spacial score (nSPS) is 30.8. The molecule has 0 aromatic heterocycles. The Morgan fingerprint density at radius 1 is 1.19 bits per heavy atom. The van der Waals surface area contributed by atoms with Gasteiger partial charge >= 0.3 is 0 Å². The van der Waals surface area contributed by atoms with Crippen molar-refractivity contribution >= 4 is 0 Å². The number of fused-ring (bicyclic) bond motifs is 1. The van der Waals surface area contributed by atoms with Gasteiger partial charge in [-0.3, -0.25) is 4.90 Å². The number of hydrogen-bond donors (Lipinski definition) is 0. The van der Waals surface area contributed by atoms with Gasteiger partial charge in [-0.15, -0.1) is 0 Å². The molecule has 4 rings (SSSR count). The summed E-state index contributed by atoms with van der Waals surface area (Å²) in [5.41, 5.74) is 3.70. The average Bonchev–Trinajstić information content (AvgIpc) is 2.69. The number of methoxy groups -OCH3 is 1. The first-order chi connectivity index (χ1) is 12.7. The Morgan fingerprint density at radius 2 is 2.04 bits per heavy atom. The van der Waals surface area contributed by atoms with Crippen LogP contribution in [-0.2, 0) is 11.8 Å². The van der Waals surface area contributed by atoms with Gasteiger partial charge in [0.25, 0.3) is 0 Å². The zero-order chi connectivity index (χ0) is 18.1. The predicted octanol–water partition coefficient (Wildman–Crippen LogP) is 5.58. The van der Waals surface area contributed by atoms with Crippen LogP contribution >= 0.6 is 0 Å². The largest absolute Gasteiger partial charge is 0.497 e. The van der Waals surface area contributed by atoms with E-state index in [-0.39, 0.29) is 0 Å². The third-order valence-corrected chi connectivity index (χ3v) is 8.14. The first kappa shape index (κ1) is 18.3. The van der Waals surface area contributed by atoms with E-state index in [0.29, 0.717) is 5.41 Å². The number of hydrogen-bond acceptors (Lipinski definition) is 2. The molecule has 3 atom stereocenters. The van der Waals surface area contributed by atoms with Crippen molar-refractivity contribution in [3.63, 3.8) is 0 Å². The maximum atomic E-state index is 5.59. The topological polar surface area (TPSA) is 12.5 Å². The molecule has 2 aliphatic carbocycles. The molecule has 3 aliphatic rings. The lowest BCUT2D eigenvalue weighted by atomic mass is 9.52. The zero-order valence-corrected chi connectivity index (χ0v) is 17.1. The minimum absolute atomic E-state index is 0.441. The van der Waals surface area contributed by atoms with Gasteiger partial charge in [-0.1, -0.05) is 45.6 Å². The molecule has 1 aliphatic heterocycles. The van der Waals surface area contributed by atoms with Crippen molar-refractivity contribution < 1.29 is 4.74 Å². The summed E-state index contributed by atoms with van der Waals surface area (Å²) in [7, 11) is 1.81. The van der Waals surface area contributed by atoms with Gasteiger partial charge in [0.1, 0.15) is 5.75 Å². The van der Waals surface area contributed by atoms with Crippen LogP contribution in [0.1, 0.15) is 76.3 Å². The summed E-state index contributed by atoms with van der Waals surface area (Å²) >= 11 is 0. The number of nitrogens with zero attached hydrogens (tertiary/aromatic N) is 1. The van der Waals surface area contributed by atoms with Crippen LogP contribution in [-0.4, -0.2) is 31.1 Å². The lowest BCUT2D eigenvalue weighted by Crippen LogP contribution is -2.61. The summed E-state index contributed by atoms with van der Waals surface area (Å²) < 4.78 is 5.59. The second kappa shape index (κ2) is 7.54. The van der Waals surface area contributed by atoms with Crippen LogP contribution in [0.15, 0.2) is 18.2 Å². The summed E-state index contributed by atoms with van der Waals surface area (Å²) in [5, 5.41) is 0. The summed E-state index contributed by atoms with van der Waals surface area (Å²) in [6.07, 6.45) is 12.4. The number of piperidine rings is 1. The van der Waals surface area contributed by atoms with E-state index in [4.69, 9.17) is 4.74 Å². The molecule has 1 saturated carbocycles. The highest BCUT2D eigenvalue weighted by Crippen LogP contribution is 2.56. The predicted molar refractivity (Wildman–Crippen MR) is 109 cm³/mol. The molecule has 2 bridgehead atoms. The van der Waals surface area contributed by atoms with Crippen LogP contribution in [0.25, 0.3) is 0 Å². The molecule has 2 heteroatoms. The first-order valence-electron chi connectivity index (χ1n) is 11.1. The molecule has 1 aromatic rings. The van der Waals surface area contributed by atoms with E-state index in [2.05, 4.69) is 36.9 Å². The van der Waals surface area contributed by atoms with Crippen LogP contribution in [0.3, 0.4) is 0 Å². The molecule has 0 spiro atoms. The van der Waals surface area contributed by atoms with E-state index in [1.807, 2.05) is 7.11 Å². The van der Waals surface area contributed by atoms with E-state index >= 15 is 0 Å². The molecule has 0 amide bonds. The second-order valence-electron chi connectivity index (χ2n) is 9.06. The summed E-state index contributed by atoms with van der Waals surface area (Å²) in [5.74, 6) is 2.83. The van der Waals surface area contributed by atoms with Gasteiger partial charge in [-0.05, 0) is 80.3 Å². The third kappa shape index (κ3) is 2.99. The van der Waals surface area contributed by atoms with Gasteiger partial charge in [0.05, 0.1) is 7.11 Å². The van der Waals surface area contributed by atoms with Crippen LogP contribution in [0.4, 0.5) is 0 Å². The Hall–Kier alpha value is -1.02. The summed E-state index contributed by atoms with van der Waals surface area (Å²) in [6.45, 7) is 7.34. The standard InChI is InChI=1S/C24H37NO/c1-4-18(5-2)11-14-25-15-13-24-12-7-6-8-21(24)23(25)16-19-9-10-20(26-3)17-22(19)24/h9-10,17-18,21,23H,4-8,11-16H2,1-3H3/t21-,23-,24+/m0/s1. The van der Waals surface area contributed by atoms with E-state index < -0.39 is 0 Å². The number of benzene rings is 1. The zero-order valence-electron chi connectivity index (χ0n) is 17.1. The molecular weight excluding hydrogens is 318 g/mol. The molecule has 0 N–H and O–H groups in total. The Morgan fingerprint density at radius 3 is 2.81 bits per heavy atom. The maximum Gasteiger partial charge on any atom is 0.119 e. The molecule has 2 nitrogen and oxygen atoms in total. The molecular formula is C24H37NO. The van der Waals surface area contributed by atoms with E-state index in [1.165, 1.54) is 70.9 Å². The van der Waals surface area contributed by atoms with E-state index in [9.17, 15) is 0 Å². The summed E-state index contributed by atoms with van der Waals surface area (Å²) in [6, 6.07) is 7.73. The number of rotatable bonds is 6. The van der Waals surface area contributed by atoms with Gasteiger partial charge in [0, 0.05) is 11.5 Å². The fraction of sp³-hybridized carbons (Fsp3) is 0.750. The number of likely N-dealkylation sites (tertiary alicyclic amines) is 1. The van der Waals surface area contributed by atoms with Gasteiger partial charge in [0.15, 0.2) is 0 Å². The highest BCUT2D eigenvalue weighted by Gasteiger charge is 2.53. The molecule has 1 aromatic carbocycles. The first-order valence-corrected chi connectivity index (χ1v) is 11.1. The van der Waals surface area contributed by atoms with Crippen molar-refractivity contribution in [2.75, 3.05) is 20.2 Å². The van der Waals surface area contributed by atoms with E-state index in [0.717, 1.165) is 23.6 Å². The van der Waals surface area contributed by atoms with Crippen molar-refractivity contribution in [2.24, 2.45) is 11.8 Å². The van der Waals surface area contributed by atoms with Crippen LogP contribution in [0, 0.1) is 11.8 Å². The second-order valence-corrected chi connectivity index (χ2v) is 9.06. The molecule has 2 fully saturated rings. The Bertz CT molecular complexity index is 623. The third-order valence-electron chi connectivity index (χ3n) is 8.14. The average molecular weight is 356 g/mol. The van der Waals surface area contributed by atoms with Gasteiger partial charge in [0.2, 0.25) is 0 Å². The SMILES string of the molecule is CCC(CC)CCN1CC[C@]23CCCC[C@H]2[C@@H]1Cc1ccc(OC)cc13. The minimum atomic E-state index is 0.441. The molecule has 144 valence electrons. The van der Waals surface area contributed by atoms with Crippen LogP contribution < -0.4 is 4.74 Å². The minimum Gasteiger partial charge on any atom is -0.497 e. The molecule has 1 heterocycles. The maximum absolute atomic E-state index is 5.59. The lowest BCUT2D eigenvalue weighted by Gasteiger charge is -2.59. The van der Waals surface area contributed by atoms with Crippen molar-refractivity contribution in [1.29, 1.82) is 0 Å². The smallest absolute Gasteiger partial charge is 0.119 e. The number of ether oxygens (including phenoxy) is 1. The van der Waals surface area contributed by atoms with Gasteiger partial charge < -0.3 is 4.74 Å². The highest BCUT2D eigenvalue weighted by atomic mass is 16.5. The van der Waals surface area contributed by atoms with Crippen molar-refractivity contribution in [1.82, 2.24) is 4.90 Å². The lowest BCUT2D eigenvalue weighted by molar-refractivity contribution is -0.0137. The van der Waals surface area contributed by atoms with Crippen LogP contribution in [0.2, 0.25) is 0 Å². The molecule has 1 saturated heterocycles. The van der Waals surface area contributed by atoms with Gasteiger partial charge in [-0.25, -0.2) is 0 Å². The fourth-order valence-corrected chi connectivity index (χ4v) is 6.51. The highest BCUT2D eigenvalue weighted by molar-refractivity contribution is 5.45. The Balaban J connectivity index is 1.63. The van der Waals surface area contributed by atoms with Crippen molar-refractivity contribution in [2.45, 2.75) is 83.1 Å². The fourth-order valence-electron chi connectivity index (χ4n) is 6.51. The van der Waals surface area contributed by atoms with Crippen molar-refractivity contribution in [3.8, 4) is 5.75 Å². The van der Waals surface area contributed by atoms with Gasteiger partial charge in [-0.2, -0.15) is 0 Å². The molecule has 26 heavy (non-hydrogen) atoms. The summed E-state index contributed by atoms with van der Waals surface area (Å²) in [4.78, 5) is 2.89. The Labute approximate surface area is 160 Å². The van der Waals surface area contributed by atoms with E-state index in [1.54, 1.807) is 11.1 Å². The molecule has 0 radical (unpaired) electrons. The quantitative estimate of drug-likeness (QED) is 0.660. The Kier molecular flexibility index (Phi) is 5.32. The monoisotopic (exact) mass is 355 g/mol. The molecule has 0 unspecified atom stereocenters. The van der Waals surface area contributed by atoms with Crippen LogP contribution in [0.5, 0.6) is 5.75 Å².